The summed E-state index contributed by atoms with van der Waals surface area (Å²) in [6.45, 7) is 1.62. The van der Waals surface area contributed by atoms with Gasteiger partial charge in [-0.15, -0.1) is 0 Å². The van der Waals surface area contributed by atoms with Crippen LogP contribution >= 0.6 is 15.9 Å². The van der Waals surface area contributed by atoms with Crippen LogP contribution in [0.2, 0.25) is 0 Å². The second-order valence-electron chi connectivity index (χ2n) is 4.62. The van der Waals surface area contributed by atoms with Crippen LogP contribution in [0.15, 0.2) is 16.7 Å². The predicted octanol–water partition coefficient (Wildman–Crippen LogP) is 1.61. The summed E-state index contributed by atoms with van der Waals surface area (Å²) in [5, 5.41) is 2.94. The van der Waals surface area contributed by atoms with Gasteiger partial charge >= 0.3 is 0 Å². The normalized spacial score (nSPS) is 15.3. The van der Waals surface area contributed by atoms with Crippen molar-refractivity contribution in [3.8, 4) is 0 Å². The molecule has 1 N–H and O–H groups in total. The van der Waals surface area contributed by atoms with Gasteiger partial charge in [0.2, 0.25) is 0 Å². The Balaban J connectivity index is 1.78. The molecular weight excluding hydrogens is 282 g/mol. The lowest BCUT2D eigenvalue weighted by molar-refractivity contribution is 0.0941. The first-order valence-electron chi connectivity index (χ1n) is 5.88. The summed E-state index contributed by atoms with van der Waals surface area (Å²) in [7, 11) is 3.99. The molecule has 1 aromatic heterocycles. The highest BCUT2D eigenvalue weighted by atomic mass is 79.9. The standard InChI is InChI=1S/C12H18BrN3O/c1-15(10-3-4-10)6-5-14-12(17)11-7-9(13)8-16(11)2/h7-8,10H,3-6H2,1-2H3,(H,14,17). The van der Waals surface area contributed by atoms with Crippen LogP contribution in [0, 0.1) is 0 Å². The van der Waals surface area contributed by atoms with E-state index in [1.165, 1.54) is 12.8 Å². The second-order valence-corrected chi connectivity index (χ2v) is 5.54. The molecule has 2 rings (SSSR count). The number of rotatable bonds is 5. The smallest absolute Gasteiger partial charge is 0.267 e. The summed E-state index contributed by atoms with van der Waals surface area (Å²) in [6, 6.07) is 2.58. The highest BCUT2D eigenvalue weighted by molar-refractivity contribution is 9.10. The van der Waals surface area contributed by atoms with Gasteiger partial charge in [0, 0.05) is 36.8 Å². The molecule has 0 atom stereocenters. The zero-order valence-corrected chi connectivity index (χ0v) is 11.8. The number of amides is 1. The highest BCUT2D eigenvalue weighted by Crippen LogP contribution is 2.24. The summed E-state index contributed by atoms with van der Waals surface area (Å²) in [6.07, 6.45) is 4.48. The van der Waals surface area contributed by atoms with Crippen molar-refractivity contribution in [3.05, 3.63) is 22.4 Å². The first-order valence-corrected chi connectivity index (χ1v) is 6.67. The van der Waals surface area contributed by atoms with E-state index in [4.69, 9.17) is 0 Å². The molecule has 94 valence electrons. The number of carbonyl (C=O) groups excluding carboxylic acids is 1. The Labute approximate surface area is 110 Å². The molecule has 1 fully saturated rings. The van der Waals surface area contributed by atoms with E-state index in [0.29, 0.717) is 12.2 Å². The molecule has 1 aliphatic carbocycles. The minimum atomic E-state index is -0.0117. The molecule has 0 aliphatic heterocycles. The van der Waals surface area contributed by atoms with Crippen molar-refractivity contribution in [1.29, 1.82) is 0 Å². The molecular formula is C12H18BrN3O. The van der Waals surface area contributed by atoms with E-state index in [1.807, 2.05) is 23.9 Å². The monoisotopic (exact) mass is 299 g/mol. The van der Waals surface area contributed by atoms with Crippen molar-refractivity contribution in [1.82, 2.24) is 14.8 Å². The van der Waals surface area contributed by atoms with E-state index >= 15 is 0 Å². The third kappa shape index (κ3) is 3.33. The molecule has 4 nitrogen and oxygen atoms in total. The number of nitrogens with one attached hydrogen (secondary N) is 1. The highest BCUT2D eigenvalue weighted by Gasteiger charge is 2.25. The van der Waals surface area contributed by atoms with Gasteiger partial charge in [-0.1, -0.05) is 0 Å². The number of nitrogens with zero attached hydrogens (tertiary/aromatic N) is 2. The lowest BCUT2D eigenvalue weighted by atomic mass is 10.4. The van der Waals surface area contributed by atoms with Gasteiger partial charge in [-0.3, -0.25) is 4.79 Å². The van der Waals surface area contributed by atoms with Crippen molar-refractivity contribution < 1.29 is 4.79 Å². The van der Waals surface area contributed by atoms with E-state index in [-0.39, 0.29) is 5.91 Å². The SMILES string of the molecule is CN(CCNC(=O)c1cc(Br)cn1C)C1CC1. The molecule has 17 heavy (non-hydrogen) atoms. The molecule has 1 heterocycles. The fourth-order valence-corrected chi connectivity index (χ4v) is 2.41. The molecule has 0 unspecified atom stereocenters. The topological polar surface area (TPSA) is 37.3 Å². The van der Waals surface area contributed by atoms with Gasteiger partial charge in [-0.25, -0.2) is 0 Å². The number of likely N-dealkylation sites (N-methyl/N-ethyl adjacent to an activating group) is 1. The molecule has 5 heteroatoms. The van der Waals surface area contributed by atoms with Crippen LogP contribution in [0.3, 0.4) is 0 Å². The molecule has 1 aromatic rings. The molecule has 0 aromatic carbocycles. The lowest BCUT2D eigenvalue weighted by Crippen LogP contribution is -2.34. The zero-order chi connectivity index (χ0) is 12.4. The quantitative estimate of drug-likeness (QED) is 0.897. The third-order valence-electron chi connectivity index (χ3n) is 3.12. The van der Waals surface area contributed by atoms with Crippen molar-refractivity contribution in [3.63, 3.8) is 0 Å². The van der Waals surface area contributed by atoms with E-state index < -0.39 is 0 Å². The second kappa shape index (κ2) is 5.23. The van der Waals surface area contributed by atoms with Crippen LogP contribution in [0.25, 0.3) is 0 Å². The van der Waals surface area contributed by atoms with Gasteiger partial charge < -0.3 is 14.8 Å². The van der Waals surface area contributed by atoms with Gasteiger partial charge in [0.15, 0.2) is 0 Å². The Hall–Kier alpha value is -0.810. The zero-order valence-electron chi connectivity index (χ0n) is 10.2. The maximum absolute atomic E-state index is 11.9. The number of halogens is 1. The summed E-state index contributed by atoms with van der Waals surface area (Å²) in [5.74, 6) is -0.0117. The van der Waals surface area contributed by atoms with E-state index in [0.717, 1.165) is 17.1 Å². The van der Waals surface area contributed by atoms with Gasteiger partial charge in [-0.2, -0.15) is 0 Å². The van der Waals surface area contributed by atoms with Crippen LogP contribution < -0.4 is 5.32 Å². The summed E-state index contributed by atoms with van der Waals surface area (Å²) < 4.78 is 2.75. The summed E-state index contributed by atoms with van der Waals surface area (Å²) >= 11 is 3.36. The molecule has 1 aliphatic rings. The first kappa shape index (κ1) is 12.6. The predicted molar refractivity (Wildman–Crippen MR) is 71.1 cm³/mol. The number of hydrogen-bond acceptors (Lipinski definition) is 2. The molecule has 0 radical (unpaired) electrons. The Kier molecular flexibility index (Phi) is 3.89. The first-order chi connectivity index (χ1) is 8.08. The number of aryl methyl sites for hydroxylation is 1. The van der Waals surface area contributed by atoms with E-state index in [2.05, 4.69) is 33.2 Å². The summed E-state index contributed by atoms with van der Waals surface area (Å²) in [5.41, 5.74) is 0.686. The molecule has 1 saturated carbocycles. The molecule has 0 saturated heterocycles. The van der Waals surface area contributed by atoms with Crippen LogP contribution in [-0.2, 0) is 7.05 Å². The van der Waals surface area contributed by atoms with Crippen LogP contribution in [0.5, 0.6) is 0 Å². The Bertz CT molecular complexity index is 412. The number of aromatic nitrogens is 1. The molecule has 0 bridgehead atoms. The minimum Gasteiger partial charge on any atom is -0.349 e. The van der Waals surface area contributed by atoms with Gasteiger partial charge in [0.05, 0.1) is 0 Å². The number of carbonyl (C=O) groups is 1. The van der Waals surface area contributed by atoms with Gasteiger partial charge in [0.1, 0.15) is 5.69 Å². The maximum atomic E-state index is 11.9. The Morgan fingerprint density at radius 1 is 1.65 bits per heavy atom. The van der Waals surface area contributed by atoms with Crippen LogP contribution in [0.4, 0.5) is 0 Å². The maximum Gasteiger partial charge on any atom is 0.267 e. The average molecular weight is 300 g/mol. The minimum absolute atomic E-state index is 0.0117. The van der Waals surface area contributed by atoms with Crippen molar-refractivity contribution >= 4 is 21.8 Å². The molecule has 1 amide bonds. The fraction of sp³-hybridized carbons (Fsp3) is 0.583. The molecule has 0 spiro atoms. The number of hydrogen-bond donors (Lipinski definition) is 1. The van der Waals surface area contributed by atoms with Crippen LogP contribution in [-0.4, -0.2) is 41.6 Å². The Morgan fingerprint density at radius 3 is 2.88 bits per heavy atom. The van der Waals surface area contributed by atoms with Crippen molar-refractivity contribution in [2.24, 2.45) is 7.05 Å². The van der Waals surface area contributed by atoms with E-state index in [1.54, 1.807) is 0 Å². The Morgan fingerprint density at radius 2 is 2.35 bits per heavy atom. The largest absolute Gasteiger partial charge is 0.349 e. The fourth-order valence-electron chi connectivity index (χ4n) is 1.88. The van der Waals surface area contributed by atoms with Gasteiger partial charge in [0.25, 0.3) is 5.91 Å². The lowest BCUT2D eigenvalue weighted by Gasteiger charge is -2.15. The third-order valence-corrected chi connectivity index (χ3v) is 3.56. The van der Waals surface area contributed by atoms with Crippen molar-refractivity contribution in [2.45, 2.75) is 18.9 Å². The van der Waals surface area contributed by atoms with Gasteiger partial charge in [-0.05, 0) is 41.9 Å². The average Bonchev–Trinajstić information content (AvgIpc) is 3.04. The van der Waals surface area contributed by atoms with E-state index in [9.17, 15) is 4.79 Å². The van der Waals surface area contributed by atoms with Crippen LogP contribution in [0.1, 0.15) is 23.3 Å². The summed E-state index contributed by atoms with van der Waals surface area (Å²) in [4.78, 5) is 14.2. The van der Waals surface area contributed by atoms with Crippen molar-refractivity contribution in [2.75, 3.05) is 20.1 Å².